The zero-order valence-electron chi connectivity index (χ0n) is 10.2. The molecule has 0 bridgehead atoms. The van der Waals surface area contributed by atoms with E-state index in [4.69, 9.17) is 5.11 Å². The van der Waals surface area contributed by atoms with Gasteiger partial charge in [0, 0.05) is 12.7 Å². The van der Waals surface area contributed by atoms with Gasteiger partial charge in [0.1, 0.15) is 5.82 Å². The number of hydrogen-bond acceptors (Lipinski definition) is 6. The maximum Gasteiger partial charge on any atom is 0.376 e. The molecule has 0 spiro atoms. The first-order valence-corrected chi connectivity index (χ1v) is 5.42. The van der Waals surface area contributed by atoms with E-state index < -0.39 is 17.9 Å². The Balaban J connectivity index is 2.53. The average molecular weight is 253 g/mol. The Bertz CT molecular complexity index is 436. The van der Waals surface area contributed by atoms with E-state index >= 15 is 0 Å². The molecule has 0 fully saturated rings. The Morgan fingerprint density at radius 3 is 2.89 bits per heavy atom. The molecular weight excluding hydrogens is 238 g/mol. The lowest BCUT2D eigenvalue weighted by Crippen LogP contribution is -2.15. The lowest BCUT2D eigenvalue weighted by Gasteiger charge is -2.08. The first-order valence-electron chi connectivity index (χ1n) is 5.42. The number of nitrogens with zero attached hydrogens (tertiary/aromatic N) is 2. The van der Waals surface area contributed by atoms with Gasteiger partial charge in [-0.05, 0) is 12.5 Å². The van der Waals surface area contributed by atoms with Crippen LogP contribution in [-0.2, 0) is 9.53 Å². The van der Waals surface area contributed by atoms with E-state index in [9.17, 15) is 9.59 Å². The molecule has 1 aromatic heterocycles. The third-order valence-corrected chi connectivity index (χ3v) is 2.33. The highest BCUT2D eigenvalue weighted by atomic mass is 16.5. The number of carbonyl (C=O) groups is 2. The standard InChI is InChI=1S/C11H15N3O4/c1-7(10(15)16)3-5-12-8-4-6-13-9(14-8)11(17)18-2/h4,6-7H,3,5H2,1-2H3,(H,15,16)(H,12,13,14). The predicted octanol–water partition coefficient (Wildman–Crippen LogP) is 0.786. The lowest BCUT2D eigenvalue weighted by molar-refractivity contribution is -0.141. The summed E-state index contributed by atoms with van der Waals surface area (Å²) in [5, 5.41) is 11.6. The van der Waals surface area contributed by atoms with E-state index in [0.29, 0.717) is 18.8 Å². The Morgan fingerprint density at radius 2 is 2.28 bits per heavy atom. The molecule has 0 radical (unpaired) electrons. The largest absolute Gasteiger partial charge is 0.481 e. The van der Waals surface area contributed by atoms with Crippen molar-refractivity contribution in [2.45, 2.75) is 13.3 Å². The van der Waals surface area contributed by atoms with E-state index in [-0.39, 0.29) is 5.82 Å². The monoisotopic (exact) mass is 253 g/mol. The second-order valence-electron chi connectivity index (χ2n) is 3.71. The third-order valence-electron chi connectivity index (χ3n) is 2.33. The van der Waals surface area contributed by atoms with E-state index in [1.54, 1.807) is 13.0 Å². The maximum atomic E-state index is 11.2. The molecule has 1 unspecified atom stereocenters. The summed E-state index contributed by atoms with van der Waals surface area (Å²) >= 11 is 0. The lowest BCUT2D eigenvalue weighted by atomic mass is 10.1. The van der Waals surface area contributed by atoms with Crippen LogP contribution in [0.15, 0.2) is 12.3 Å². The third kappa shape index (κ3) is 4.00. The van der Waals surface area contributed by atoms with Crippen molar-refractivity contribution in [1.82, 2.24) is 9.97 Å². The zero-order valence-corrected chi connectivity index (χ0v) is 10.2. The van der Waals surface area contributed by atoms with Crippen LogP contribution >= 0.6 is 0 Å². The summed E-state index contributed by atoms with van der Waals surface area (Å²) in [7, 11) is 1.25. The van der Waals surface area contributed by atoms with Crippen LogP contribution in [0.2, 0.25) is 0 Å². The number of methoxy groups -OCH3 is 1. The molecule has 7 nitrogen and oxygen atoms in total. The van der Waals surface area contributed by atoms with Crippen molar-refractivity contribution in [2.75, 3.05) is 19.0 Å². The number of aromatic nitrogens is 2. The molecule has 0 aromatic carbocycles. The number of anilines is 1. The molecule has 0 saturated carbocycles. The summed E-state index contributed by atoms with van der Waals surface area (Å²) in [4.78, 5) is 29.5. The van der Waals surface area contributed by atoms with Crippen LogP contribution in [0.3, 0.4) is 0 Å². The van der Waals surface area contributed by atoms with Gasteiger partial charge < -0.3 is 15.2 Å². The molecule has 0 aliphatic heterocycles. The van der Waals surface area contributed by atoms with Crippen LogP contribution < -0.4 is 5.32 Å². The Kier molecular flexibility index (Phi) is 5.04. The molecule has 2 N–H and O–H groups in total. The molecule has 18 heavy (non-hydrogen) atoms. The van der Waals surface area contributed by atoms with Crippen molar-refractivity contribution in [3.63, 3.8) is 0 Å². The van der Waals surface area contributed by atoms with Crippen LogP contribution in [0.4, 0.5) is 5.82 Å². The molecule has 0 amide bonds. The van der Waals surface area contributed by atoms with Gasteiger partial charge in [-0.25, -0.2) is 14.8 Å². The zero-order chi connectivity index (χ0) is 13.5. The van der Waals surface area contributed by atoms with Crippen LogP contribution in [0.1, 0.15) is 24.0 Å². The molecule has 1 heterocycles. The van der Waals surface area contributed by atoms with Crippen molar-refractivity contribution >= 4 is 17.8 Å². The van der Waals surface area contributed by atoms with Gasteiger partial charge in [0.15, 0.2) is 0 Å². The molecule has 98 valence electrons. The van der Waals surface area contributed by atoms with Crippen molar-refractivity contribution < 1.29 is 19.4 Å². The van der Waals surface area contributed by atoms with Crippen molar-refractivity contribution in [2.24, 2.45) is 5.92 Å². The summed E-state index contributed by atoms with van der Waals surface area (Å²) in [6.45, 7) is 2.08. The van der Waals surface area contributed by atoms with Crippen molar-refractivity contribution in [3.05, 3.63) is 18.1 Å². The number of aliphatic carboxylic acids is 1. The van der Waals surface area contributed by atoms with Gasteiger partial charge in [-0.3, -0.25) is 4.79 Å². The van der Waals surface area contributed by atoms with E-state index in [1.165, 1.54) is 13.3 Å². The van der Waals surface area contributed by atoms with Gasteiger partial charge >= 0.3 is 11.9 Å². The number of nitrogens with one attached hydrogen (secondary N) is 1. The number of rotatable bonds is 6. The summed E-state index contributed by atoms with van der Waals surface area (Å²) in [5.41, 5.74) is 0. The molecule has 1 atom stereocenters. The van der Waals surface area contributed by atoms with E-state index in [1.807, 2.05) is 0 Å². The van der Waals surface area contributed by atoms with Gasteiger partial charge in [-0.2, -0.15) is 0 Å². The number of ether oxygens (including phenoxy) is 1. The normalized spacial score (nSPS) is 11.7. The van der Waals surface area contributed by atoms with Gasteiger partial charge in [0.05, 0.1) is 13.0 Å². The number of hydrogen-bond donors (Lipinski definition) is 2. The van der Waals surface area contributed by atoms with E-state index in [2.05, 4.69) is 20.0 Å². The fraction of sp³-hybridized carbons (Fsp3) is 0.455. The second-order valence-corrected chi connectivity index (χ2v) is 3.71. The molecule has 1 rings (SSSR count). The van der Waals surface area contributed by atoms with Crippen molar-refractivity contribution in [3.8, 4) is 0 Å². The number of carboxylic acid groups (broad SMARTS) is 1. The predicted molar refractivity (Wildman–Crippen MR) is 63.3 cm³/mol. The molecule has 0 aliphatic carbocycles. The topological polar surface area (TPSA) is 101 Å². The Hall–Kier alpha value is -2.18. The Morgan fingerprint density at radius 1 is 1.56 bits per heavy atom. The van der Waals surface area contributed by atoms with Gasteiger partial charge in [0.2, 0.25) is 5.82 Å². The molecular formula is C11H15N3O4. The van der Waals surface area contributed by atoms with Gasteiger partial charge in [0.25, 0.3) is 0 Å². The fourth-order valence-corrected chi connectivity index (χ4v) is 1.19. The van der Waals surface area contributed by atoms with Gasteiger partial charge in [-0.15, -0.1) is 0 Å². The number of carbonyl (C=O) groups excluding carboxylic acids is 1. The van der Waals surface area contributed by atoms with E-state index in [0.717, 1.165) is 0 Å². The Labute approximate surface area is 104 Å². The maximum absolute atomic E-state index is 11.2. The molecule has 7 heteroatoms. The van der Waals surface area contributed by atoms with Crippen LogP contribution in [0, 0.1) is 5.92 Å². The van der Waals surface area contributed by atoms with Crippen LogP contribution in [-0.4, -0.2) is 40.7 Å². The minimum atomic E-state index is -0.838. The number of carboxylic acids is 1. The second kappa shape index (κ2) is 6.53. The highest BCUT2D eigenvalue weighted by Gasteiger charge is 2.11. The summed E-state index contributed by atoms with van der Waals surface area (Å²) in [6.07, 6.45) is 1.90. The smallest absolute Gasteiger partial charge is 0.376 e. The fourth-order valence-electron chi connectivity index (χ4n) is 1.19. The minimum absolute atomic E-state index is 0.0335. The average Bonchev–Trinajstić information content (AvgIpc) is 2.37. The quantitative estimate of drug-likeness (QED) is 0.722. The SMILES string of the molecule is COC(=O)c1nccc(NCCC(C)C(=O)O)n1. The summed E-state index contributed by atoms with van der Waals surface area (Å²) < 4.78 is 4.50. The molecule has 0 saturated heterocycles. The first-order chi connectivity index (χ1) is 8.54. The summed E-state index contributed by atoms with van der Waals surface area (Å²) in [6, 6.07) is 1.60. The van der Waals surface area contributed by atoms with Gasteiger partial charge in [-0.1, -0.05) is 6.92 Å². The molecule has 0 aliphatic rings. The minimum Gasteiger partial charge on any atom is -0.481 e. The first kappa shape index (κ1) is 13.9. The highest BCUT2D eigenvalue weighted by Crippen LogP contribution is 2.06. The molecule has 1 aromatic rings. The van der Waals surface area contributed by atoms with Crippen LogP contribution in [0.25, 0.3) is 0 Å². The summed E-state index contributed by atoms with van der Waals surface area (Å²) in [5.74, 6) is -1.46. The van der Waals surface area contributed by atoms with Crippen molar-refractivity contribution in [1.29, 1.82) is 0 Å². The number of esters is 1. The van der Waals surface area contributed by atoms with Crippen LogP contribution in [0.5, 0.6) is 0 Å². The highest BCUT2D eigenvalue weighted by molar-refractivity contribution is 5.85.